The van der Waals surface area contributed by atoms with Crippen molar-refractivity contribution in [2.45, 2.75) is 17.9 Å². The summed E-state index contributed by atoms with van der Waals surface area (Å²) < 4.78 is 41.4. The van der Waals surface area contributed by atoms with Crippen molar-refractivity contribution < 1.29 is 32.0 Å². The van der Waals surface area contributed by atoms with E-state index in [-0.39, 0.29) is 22.9 Å². The Labute approximate surface area is 165 Å². The highest BCUT2D eigenvalue weighted by Gasteiger charge is 2.19. The van der Waals surface area contributed by atoms with E-state index in [1.807, 2.05) is 0 Å². The molecule has 0 fully saturated rings. The summed E-state index contributed by atoms with van der Waals surface area (Å²) in [6.07, 6.45) is -1.18. The molecule has 3 rings (SSSR count). The van der Waals surface area contributed by atoms with Gasteiger partial charge in [0.25, 0.3) is 0 Å². The van der Waals surface area contributed by atoms with Crippen molar-refractivity contribution in [1.29, 1.82) is 0 Å². The van der Waals surface area contributed by atoms with Crippen LogP contribution in [0.4, 0.5) is 15.3 Å². The van der Waals surface area contributed by atoms with Crippen LogP contribution < -0.4 is 4.74 Å². The smallest absolute Gasteiger partial charge is 0.344 e. The van der Waals surface area contributed by atoms with E-state index < -0.39 is 27.2 Å². The number of aliphatic carboxylic acids is 1. The van der Waals surface area contributed by atoms with Crippen molar-refractivity contribution in [2.24, 2.45) is 10.2 Å². The van der Waals surface area contributed by atoms with Gasteiger partial charge in [0.05, 0.1) is 0 Å². The number of halogens is 1. The van der Waals surface area contributed by atoms with Crippen molar-refractivity contribution in [2.75, 3.05) is 0 Å². The molecule has 10 heteroatoms. The van der Waals surface area contributed by atoms with Crippen molar-refractivity contribution in [1.82, 2.24) is 0 Å². The van der Waals surface area contributed by atoms with Crippen LogP contribution in [0.1, 0.15) is 6.92 Å². The Balaban J connectivity index is 2.12. The van der Waals surface area contributed by atoms with Crippen molar-refractivity contribution in [3.8, 4) is 11.5 Å². The molecule has 29 heavy (non-hydrogen) atoms. The summed E-state index contributed by atoms with van der Waals surface area (Å²) in [4.78, 5) is 10.5. The van der Waals surface area contributed by atoms with Crippen LogP contribution in [0.25, 0.3) is 10.8 Å². The molecule has 0 amide bonds. The monoisotopic (exact) mass is 418 g/mol. The number of aromatic hydroxyl groups is 1. The third-order valence-corrected chi connectivity index (χ3v) is 4.87. The van der Waals surface area contributed by atoms with E-state index in [1.54, 1.807) is 24.3 Å². The van der Waals surface area contributed by atoms with Crippen LogP contribution in [-0.2, 0) is 15.0 Å². The summed E-state index contributed by atoms with van der Waals surface area (Å²) in [7, 11) is -5.02. The Hall–Kier alpha value is -3.53. The Morgan fingerprint density at radius 1 is 1.03 bits per heavy atom. The van der Waals surface area contributed by atoms with Gasteiger partial charge in [-0.15, -0.1) is 14.1 Å². The van der Waals surface area contributed by atoms with Crippen LogP contribution in [0, 0.1) is 0 Å². The molecular weight excluding hydrogens is 403 g/mol. The summed E-state index contributed by atoms with van der Waals surface area (Å²) in [6, 6.07) is 12.9. The lowest BCUT2D eigenvalue weighted by atomic mass is 10.1. The second-order valence-electron chi connectivity index (χ2n) is 5.99. The highest BCUT2D eigenvalue weighted by atomic mass is 32.3. The molecule has 0 aliphatic heterocycles. The minimum Gasteiger partial charge on any atom is -0.505 e. The van der Waals surface area contributed by atoms with Crippen LogP contribution in [0.3, 0.4) is 0 Å². The molecule has 2 N–H and O–H groups in total. The minimum atomic E-state index is -5.02. The number of phenols is 1. The lowest BCUT2D eigenvalue weighted by Gasteiger charge is -2.14. The second-order valence-corrected chi connectivity index (χ2v) is 7.31. The van der Waals surface area contributed by atoms with Gasteiger partial charge in [-0.3, -0.25) is 0 Å². The molecule has 8 nitrogen and oxygen atoms in total. The summed E-state index contributed by atoms with van der Waals surface area (Å²) in [5, 5.41) is 27.9. The Bertz CT molecular complexity index is 1230. The van der Waals surface area contributed by atoms with E-state index in [0.717, 1.165) is 6.07 Å². The number of phenolic OH excluding ortho intramolecular Hbond substituents is 1. The Kier molecular flexibility index (Phi) is 5.46. The number of hydrogen-bond acceptors (Lipinski definition) is 7. The fourth-order valence-corrected chi connectivity index (χ4v) is 3.18. The lowest BCUT2D eigenvalue weighted by Crippen LogP contribution is -2.22. The minimum absolute atomic E-state index is 0.109. The van der Waals surface area contributed by atoms with Gasteiger partial charge in [0, 0.05) is 16.8 Å². The molecule has 0 bridgehead atoms. The zero-order valence-corrected chi connectivity index (χ0v) is 15.8. The summed E-state index contributed by atoms with van der Waals surface area (Å²) in [5.74, 6) is -1.33. The van der Waals surface area contributed by atoms with Crippen LogP contribution in [0.2, 0.25) is 0 Å². The molecule has 1 unspecified atom stereocenters. The molecule has 0 heterocycles. The van der Waals surface area contributed by atoms with Gasteiger partial charge < -0.3 is 14.9 Å². The first-order valence-corrected chi connectivity index (χ1v) is 9.66. The van der Waals surface area contributed by atoms with E-state index in [9.17, 15) is 22.2 Å². The number of nitrogens with zero attached hydrogens (tertiary/aromatic N) is 2. The molecule has 0 radical (unpaired) electrons. The number of carboxylic acids is 1. The molecular formula is C19H15FN2O6S. The molecule has 0 spiro atoms. The van der Waals surface area contributed by atoms with Gasteiger partial charge >= 0.3 is 16.2 Å². The molecule has 0 aliphatic carbocycles. The van der Waals surface area contributed by atoms with E-state index >= 15 is 0 Å². The predicted octanol–water partition coefficient (Wildman–Crippen LogP) is 4.47. The van der Waals surface area contributed by atoms with E-state index in [0.29, 0.717) is 10.8 Å². The molecule has 1 atom stereocenters. The standard InChI is InChI=1S/C19H15FN2O6S/c1-11(19(24)25)28-16-10-15(18(23)13-7-3-2-6-12(13)16)22-21-14-8-4-5-9-17(14)29(20,26)27/h2-11,23H,1H3,(H,24,25). The van der Waals surface area contributed by atoms with Crippen LogP contribution in [0.15, 0.2) is 69.7 Å². The van der Waals surface area contributed by atoms with Crippen LogP contribution >= 0.6 is 0 Å². The molecule has 3 aromatic carbocycles. The third kappa shape index (κ3) is 4.32. The van der Waals surface area contributed by atoms with Crippen molar-refractivity contribution in [3.63, 3.8) is 0 Å². The molecule has 0 aromatic heterocycles. The Morgan fingerprint density at radius 3 is 2.28 bits per heavy atom. The van der Waals surface area contributed by atoms with Gasteiger partial charge in [-0.2, -0.15) is 8.42 Å². The number of rotatable bonds is 6. The highest BCUT2D eigenvalue weighted by Crippen LogP contribution is 2.42. The van der Waals surface area contributed by atoms with Gasteiger partial charge in [-0.1, -0.05) is 36.4 Å². The fraction of sp³-hybridized carbons (Fsp3) is 0.105. The van der Waals surface area contributed by atoms with Gasteiger partial charge in [0.1, 0.15) is 22.0 Å². The average Bonchev–Trinajstić information content (AvgIpc) is 2.68. The van der Waals surface area contributed by atoms with Gasteiger partial charge in [-0.25, -0.2) is 4.79 Å². The van der Waals surface area contributed by atoms with Crippen LogP contribution in [-0.4, -0.2) is 30.7 Å². The van der Waals surface area contributed by atoms with E-state index in [1.165, 1.54) is 31.2 Å². The molecule has 0 saturated heterocycles. The summed E-state index contributed by atoms with van der Waals surface area (Å²) in [6.45, 7) is 1.34. The Morgan fingerprint density at radius 2 is 1.62 bits per heavy atom. The summed E-state index contributed by atoms with van der Waals surface area (Å²) in [5.41, 5.74) is -0.369. The van der Waals surface area contributed by atoms with Crippen molar-refractivity contribution in [3.05, 3.63) is 54.6 Å². The predicted molar refractivity (Wildman–Crippen MR) is 102 cm³/mol. The van der Waals surface area contributed by atoms with Gasteiger partial charge in [-0.05, 0) is 19.1 Å². The van der Waals surface area contributed by atoms with Crippen molar-refractivity contribution >= 4 is 38.3 Å². The second kappa shape index (κ2) is 7.84. The number of carboxylic acid groups (broad SMARTS) is 1. The first-order valence-electron chi connectivity index (χ1n) is 8.28. The van der Waals surface area contributed by atoms with Gasteiger partial charge in [0.15, 0.2) is 11.9 Å². The first-order chi connectivity index (χ1) is 13.7. The molecule has 0 aliphatic rings. The van der Waals surface area contributed by atoms with Crippen LogP contribution in [0.5, 0.6) is 11.5 Å². The first kappa shape index (κ1) is 20.2. The number of ether oxygens (including phenoxy) is 1. The van der Waals surface area contributed by atoms with Gasteiger partial charge in [0.2, 0.25) is 0 Å². The number of fused-ring (bicyclic) bond motifs is 1. The zero-order valence-electron chi connectivity index (χ0n) is 15.0. The van der Waals surface area contributed by atoms with E-state index in [4.69, 9.17) is 9.84 Å². The maximum atomic E-state index is 13.4. The molecule has 150 valence electrons. The maximum Gasteiger partial charge on any atom is 0.344 e. The largest absolute Gasteiger partial charge is 0.505 e. The SMILES string of the molecule is CC(Oc1cc(N=Nc2ccccc2S(=O)(=O)F)c(O)c2ccccc12)C(=O)O. The van der Waals surface area contributed by atoms with E-state index in [2.05, 4.69) is 10.2 Å². The normalized spacial score (nSPS) is 12.9. The lowest BCUT2D eigenvalue weighted by molar-refractivity contribution is -0.144. The zero-order chi connectivity index (χ0) is 21.2. The molecule has 3 aromatic rings. The topological polar surface area (TPSA) is 126 Å². The number of azo groups is 1. The quantitative estimate of drug-likeness (QED) is 0.449. The average molecular weight is 418 g/mol. The number of benzene rings is 3. The highest BCUT2D eigenvalue weighted by molar-refractivity contribution is 7.86. The third-order valence-electron chi connectivity index (χ3n) is 4.00. The number of carbonyl (C=O) groups is 1. The molecule has 0 saturated carbocycles. The summed E-state index contributed by atoms with van der Waals surface area (Å²) >= 11 is 0. The fourth-order valence-electron chi connectivity index (χ4n) is 2.58. The number of hydrogen-bond donors (Lipinski definition) is 2. The maximum absolute atomic E-state index is 13.4.